The zero-order chi connectivity index (χ0) is 12.8. The Kier molecular flexibility index (Phi) is 3.22. The van der Waals surface area contributed by atoms with Crippen LogP contribution in [0.2, 0.25) is 0 Å². The van der Waals surface area contributed by atoms with E-state index in [2.05, 4.69) is 34.1 Å². The van der Waals surface area contributed by atoms with Crippen molar-refractivity contribution in [3.63, 3.8) is 0 Å². The van der Waals surface area contributed by atoms with Crippen molar-refractivity contribution in [3.05, 3.63) is 34.9 Å². The highest BCUT2D eigenvalue weighted by Crippen LogP contribution is 2.52. The van der Waals surface area contributed by atoms with Gasteiger partial charge < -0.3 is 0 Å². The lowest BCUT2D eigenvalue weighted by Gasteiger charge is -2.24. The van der Waals surface area contributed by atoms with Gasteiger partial charge >= 0.3 is 0 Å². The molecule has 0 aliphatic heterocycles. The Hall–Kier alpha value is -0.300. The standard InChI is InChI=1S/C18H23Br/c19-18(11-17-9-12-4-5-15(17)8-12)16-7-6-13-2-1-3-14(13)10-16/h6-7,10,12,15,17-18H,1-5,8-9,11H2. The smallest absolute Gasteiger partial charge is 0.0398 e. The van der Waals surface area contributed by atoms with E-state index in [4.69, 9.17) is 0 Å². The zero-order valence-corrected chi connectivity index (χ0v) is 13.2. The molecular weight excluding hydrogens is 296 g/mol. The van der Waals surface area contributed by atoms with E-state index in [-0.39, 0.29) is 0 Å². The van der Waals surface area contributed by atoms with Crippen molar-refractivity contribution in [1.29, 1.82) is 0 Å². The first kappa shape index (κ1) is 12.4. The summed E-state index contributed by atoms with van der Waals surface area (Å²) in [6.45, 7) is 0. The molecule has 2 bridgehead atoms. The lowest BCUT2D eigenvalue weighted by molar-refractivity contribution is 0.314. The van der Waals surface area contributed by atoms with E-state index < -0.39 is 0 Å². The minimum absolute atomic E-state index is 0.586. The molecule has 0 amide bonds. The molecule has 2 fully saturated rings. The molecule has 0 N–H and O–H groups in total. The Morgan fingerprint density at radius 3 is 2.79 bits per heavy atom. The van der Waals surface area contributed by atoms with Crippen LogP contribution in [0.3, 0.4) is 0 Å². The summed E-state index contributed by atoms with van der Waals surface area (Å²) in [5, 5.41) is 0. The lowest BCUT2D eigenvalue weighted by Crippen LogP contribution is -2.12. The van der Waals surface area contributed by atoms with Crippen molar-refractivity contribution in [3.8, 4) is 0 Å². The first-order valence-corrected chi connectivity index (χ1v) is 8.97. The van der Waals surface area contributed by atoms with E-state index in [9.17, 15) is 0 Å². The molecule has 0 nitrogen and oxygen atoms in total. The maximum absolute atomic E-state index is 3.98. The Morgan fingerprint density at radius 1 is 1.11 bits per heavy atom. The van der Waals surface area contributed by atoms with E-state index in [1.807, 2.05) is 0 Å². The van der Waals surface area contributed by atoms with Crippen LogP contribution in [0.5, 0.6) is 0 Å². The molecule has 3 aliphatic rings. The molecular formula is C18H23Br. The first-order chi connectivity index (χ1) is 9.29. The molecule has 1 aromatic rings. The van der Waals surface area contributed by atoms with Crippen molar-refractivity contribution < 1.29 is 0 Å². The minimum atomic E-state index is 0.586. The molecule has 4 unspecified atom stereocenters. The average Bonchev–Trinajstić information content (AvgIpc) is 3.13. The number of alkyl halides is 1. The van der Waals surface area contributed by atoms with Gasteiger partial charge in [0.2, 0.25) is 0 Å². The fraction of sp³-hybridized carbons (Fsp3) is 0.667. The van der Waals surface area contributed by atoms with Gasteiger partial charge in [-0.25, -0.2) is 0 Å². The van der Waals surface area contributed by atoms with Crippen molar-refractivity contribution in [2.45, 2.75) is 56.2 Å². The normalized spacial score (nSPS) is 33.6. The maximum Gasteiger partial charge on any atom is 0.0398 e. The molecule has 102 valence electrons. The average molecular weight is 319 g/mol. The Labute approximate surface area is 125 Å². The van der Waals surface area contributed by atoms with Crippen molar-refractivity contribution in [2.75, 3.05) is 0 Å². The second-order valence-corrected chi connectivity index (χ2v) is 8.13. The Morgan fingerprint density at radius 2 is 2.00 bits per heavy atom. The summed E-state index contributed by atoms with van der Waals surface area (Å²) in [5.41, 5.74) is 4.75. The van der Waals surface area contributed by atoms with E-state index >= 15 is 0 Å². The molecule has 0 spiro atoms. The van der Waals surface area contributed by atoms with Gasteiger partial charge in [-0.2, -0.15) is 0 Å². The van der Waals surface area contributed by atoms with Gasteiger partial charge in [-0.05, 0) is 79.4 Å². The monoisotopic (exact) mass is 318 g/mol. The highest BCUT2D eigenvalue weighted by atomic mass is 79.9. The number of rotatable bonds is 3. The van der Waals surface area contributed by atoms with Gasteiger partial charge in [0.25, 0.3) is 0 Å². The third-order valence-corrected chi connectivity index (χ3v) is 6.78. The number of halogens is 1. The molecule has 0 heterocycles. The van der Waals surface area contributed by atoms with Crippen LogP contribution in [0.4, 0.5) is 0 Å². The minimum Gasteiger partial charge on any atom is -0.0839 e. The van der Waals surface area contributed by atoms with Crippen LogP contribution in [-0.2, 0) is 12.8 Å². The SMILES string of the molecule is BrC(CC1CC2CCC1C2)c1ccc2c(c1)CCC2. The van der Waals surface area contributed by atoms with E-state index in [0.717, 1.165) is 17.8 Å². The fourth-order valence-electron chi connectivity index (χ4n) is 4.85. The summed E-state index contributed by atoms with van der Waals surface area (Å²) in [6, 6.07) is 7.23. The summed E-state index contributed by atoms with van der Waals surface area (Å²) in [6.07, 6.45) is 11.4. The van der Waals surface area contributed by atoms with Crippen LogP contribution in [0.25, 0.3) is 0 Å². The predicted molar refractivity (Wildman–Crippen MR) is 83.7 cm³/mol. The van der Waals surface area contributed by atoms with Gasteiger partial charge in [0.1, 0.15) is 0 Å². The van der Waals surface area contributed by atoms with Crippen LogP contribution in [0.15, 0.2) is 18.2 Å². The van der Waals surface area contributed by atoms with Gasteiger partial charge in [0, 0.05) is 4.83 Å². The highest BCUT2D eigenvalue weighted by Gasteiger charge is 2.39. The third kappa shape index (κ3) is 2.28. The summed E-state index contributed by atoms with van der Waals surface area (Å²) < 4.78 is 0. The molecule has 1 aromatic carbocycles. The molecule has 4 rings (SSSR count). The zero-order valence-electron chi connectivity index (χ0n) is 11.6. The molecule has 2 saturated carbocycles. The highest BCUT2D eigenvalue weighted by molar-refractivity contribution is 9.09. The lowest BCUT2D eigenvalue weighted by atomic mass is 9.84. The summed E-state index contributed by atoms with van der Waals surface area (Å²) in [5.74, 6) is 3.13. The number of hydrogen-bond donors (Lipinski definition) is 0. The third-order valence-electron chi connectivity index (χ3n) is 5.88. The molecule has 1 heteroatoms. The quantitative estimate of drug-likeness (QED) is 0.651. The molecule has 0 saturated heterocycles. The Bertz CT molecular complexity index is 479. The topological polar surface area (TPSA) is 0 Å². The van der Waals surface area contributed by atoms with Gasteiger partial charge in [0.05, 0.1) is 0 Å². The number of benzene rings is 1. The first-order valence-electron chi connectivity index (χ1n) is 8.05. The Balaban J connectivity index is 1.47. The molecule has 4 atom stereocenters. The van der Waals surface area contributed by atoms with Gasteiger partial charge in [0.15, 0.2) is 0 Å². The van der Waals surface area contributed by atoms with Gasteiger partial charge in [-0.3, -0.25) is 0 Å². The maximum atomic E-state index is 3.98. The van der Waals surface area contributed by atoms with Gasteiger partial charge in [-0.15, -0.1) is 0 Å². The molecule has 3 aliphatic carbocycles. The number of hydrogen-bond acceptors (Lipinski definition) is 0. The second kappa shape index (κ2) is 4.91. The van der Waals surface area contributed by atoms with Crippen molar-refractivity contribution >= 4 is 15.9 Å². The van der Waals surface area contributed by atoms with Crippen molar-refractivity contribution in [1.82, 2.24) is 0 Å². The molecule has 0 radical (unpaired) electrons. The van der Waals surface area contributed by atoms with Crippen LogP contribution in [0.1, 0.15) is 60.0 Å². The number of fused-ring (bicyclic) bond motifs is 3. The van der Waals surface area contributed by atoms with E-state index in [0.29, 0.717) is 4.83 Å². The van der Waals surface area contributed by atoms with Crippen LogP contribution in [-0.4, -0.2) is 0 Å². The predicted octanol–water partition coefficient (Wildman–Crippen LogP) is 5.44. The van der Waals surface area contributed by atoms with Gasteiger partial charge in [-0.1, -0.05) is 40.5 Å². The number of aryl methyl sites for hydroxylation is 2. The van der Waals surface area contributed by atoms with Crippen LogP contribution in [0, 0.1) is 17.8 Å². The summed E-state index contributed by atoms with van der Waals surface area (Å²) in [7, 11) is 0. The van der Waals surface area contributed by atoms with E-state index in [1.54, 1.807) is 11.1 Å². The van der Waals surface area contributed by atoms with Crippen molar-refractivity contribution in [2.24, 2.45) is 17.8 Å². The summed E-state index contributed by atoms with van der Waals surface area (Å²) >= 11 is 3.98. The largest absolute Gasteiger partial charge is 0.0839 e. The molecule has 0 aromatic heterocycles. The molecule has 19 heavy (non-hydrogen) atoms. The van der Waals surface area contributed by atoms with E-state index in [1.165, 1.54) is 56.9 Å². The van der Waals surface area contributed by atoms with Crippen LogP contribution < -0.4 is 0 Å². The fourth-order valence-corrected chi connectivity index (χ4v) is 5.62. The second-order valence-electron chi connectivity index (χ2n) is 7.02. The summed E-state index contributed by atoms with van der Waals surface area (Å²) in [4.78, 5) is 0.586. The van der Waals surface area contributed by atoms with Crippen LogP contribution >= 0.6 is 15.9 Å².